The molecule has 1 heterocycles. The number of aromatic hydroxyl groups is 1. The van der Waals surface area contributed by atoms with Crippen LogP contribution in [0.2, 0.25) is 0 Å². The number of pyridine rings is 1. The van der Waals surface area contributed by atoms with E-state index in [1.165, 1.54) is 30.5 Å². The summed E-state index contributed by atoms with van der Waals surface area (Å²) in [5, 5.41) is 18.3. The van der Waals surface area contributed by atoms with Crippen molar-refractivity contribution in [2.75, 3.05) is 11.4 Å². The van der Waals surface area contributed by atoms with Crippen LogP contribution in [-0.2, 0) is 4.79 Å². The van der Waals surface area contributed by atoms with E-state index in [0.717, 1.165) is 10.5 Å². The Hall–Kier alpha value is -2.89. The maximum Gasteiger partial charge on any atom is 0.323 e. The topological polar surface area (TPSA) is 90.7 Å². The van der Waals surface area contributed by atoms with Gasteiger partial charge in [0.05, 0.1) is 5.56 Å². The first-order valence-corrected chi connectivity index (χ1v) is 6.21. The number of aromatic nitrogens is 1. The van der Waals surface area contributed by atoms with Crippen molar-refractivity contribution in [2.24, 2.45) is 0 Å². The van der Waals surface area contributed by atoms with Crippen molar-refractivity contribution < 1.29 is 19.8 Å². The fraction of sp³-hybridized carbons (Fsp3) is 0.133. The van der Waals surface area contributed by atoms with E-state index in [4.69, 9.17) is 5.11 Å². The second-order valence-electron chi connectivity index (χ2n) is 4.55. The number of carboxylic acids is 1. The molecule has 0 radical (unpaired) electrons. The van der Waals surface area contributed by atoms with Gasteiger partial charge in [0.2, 0.25) is 0 Å². The predicted octanol–water partition coefficient (Wildman–Crippen LogP) is 1.83. The number of nitrogens with zero attached hydrogens (tertiary/aromatic N) is 2. The monoisotopic (exact) mass is 286 g/mol. The van der Waals surface area contributed by atoms with Crippen LogP contribution in [0.1, 0.15) is 15.9 Å². The van der Waals surface area contributed by atoms with Crippen molar-refractivity contribution in [3.8, 4) is 5.75 Å². The van der Waals surface area contributed by atoms with E-state index in [1.54, 1.807) is 19.2 Å². The Morgan fingerprint density at radius 2 is 1.86 bits per heavy atom. The molecule has 0 atom stereocenters. The van der Waals surface area contributed by atoms with Crippen LogP contribution in [0.3, 0.4) is 0 Å². The quantitative estimate of drug-likeness (QED) is 0.894. The minimum atomic E-state index is -1.13. The molecule has 0 spiro atoms. The number of rotatable bonds is 4. The van der Waals surface area contributed by atoms with Gasteiger partial charge in [-0.05, 0) is 42.8 Å². The maximum atomic E-state index is 12.5. The van der Waals surface area contributed by atoms with E-state index < -0.39 is 18.4 Å². The van der Waals surface area contributed by atoms with Crippen LogP contribution in [-0.4, -0.2) is 33.6 Å². The average Bonchev–Trinajstić information content (AvgIpc) is 2.45. The Balaban J connectivity index is 2.38. The number of hydrogen-bond donors (Lipinski definition) is 2. The maximum absolute atomic E-state index is 12.5. The van der Waals surface area contributed by atoms with E-state index in [-0.39, 0.29) is 5.75 Å². The number of carboxylic acid groups (broad SMARTS) is 1. The van der Waals surface area contributed by atoms with E-state index >= 15 is 0 Å². The highest BCUT2D eigenvalue weighted by Gasteiger charge is 2.20. The lowest BCUT2D eigenvalue weighted by molar-refractivity contribution is -0.135. The molecule has 108 valence electrons. The molecule has 1 aromatic heterocycles. The fourth-order valence-electron chi connectivity index (χ4n) is 1.88. The number of amides is 1. The van der Waals surface area contributed by atoms with Crippen molar-refractivity contribution in [2.45, 2.75) is 6.92 Å². The predicted molar refractivity (Wildman–Crippen MR) is 76.4 cm³/mol. The first kappa shape index (κ1) is 14.5. The minimum Gasteiger partial charge on any atom is -0.508 e. The van der Waals surface area contributed by atoms with Crippen LogP contribution in [0.5, 0.6) is 5.75 Å². The third kappa shape index (κ3) is 3.56. The van der Waals surface area contributed by atoms with Gasteiger partial charge in [-0.1, -0.05) is 0 Å². The van der Waals surface area contributed by atoms with Crippen molar-refractivity contribution in [3.63, 3.8) is 0 Å². The Morgan fingerprint density at radius 3 is 2.43 bits per heavy atom. The molecular weight excluding hydrogens is 272 g/mol. The number of hydrogen-bond acceptors (Lipinski definition) is 4. The summed E-state index contributed by atoms with van der Waals surface area (Å²) in [4.78, 5) is 28.5. The lowest BCUT2D eigenvalue weighted by atomic mass is 10.2. The van der Waals surface area contributed by atoms with Crippen molar-refractivity contribution >= 4 is 17.6 Å². The standard InChI is InChI=1S/C15H14N2O4/c1-10-6-11(8-16-7-10)15(21)17(9-14(19)20)12-2-4-13(18)5-3-12/h2-8,18H,9H2,1H3,(H,19,20). The molecule has 0 saturated carbocycles. The number of anilines is 1. The highest BCUT2D eigenvalue weighted by Crippen LogP contribution is 2.20. The summed E-state index contributed by atoms with van der Waals surface area (Å²) < 4.78 is 0. The molecule has 6 nitrogen and oxygen atoms in total. The van der Waals surface area contributed by atoms with Gasteiger partial charge in [0.1, 0.15) is 12.3 Å². The van der Waals surface area contributed by atoms with Crippen LogP contribution >= 0.6 is 0 Å². The Morgan fingerprint density at radius 1 is 1.19 bits per heavy atom. The molecule has 0 fully saturated rings. The van der Waals surface area contributed by atoms with E-state index in [1.807, 2.05) is 0 Å². The summed E-state index contributed by atoms with van der Waals surface area (Å²) in [6, 6.07) is 7.40. The molecule has 0 aliphatic heterocycles. The van der Waals surface area contributed by atoms with Crippen LogP contribution in [0.25, 0.3) is 0 Å². The van der Waals surface area contributed by atoms with Crippen molar-refractivity contribution in [3.05, 3.63) is 53.9 Å². The Kier molecular flexibility index (Phi) is 4.18. The molecule has 1 aromatic carbocycles. The second kappa shape index (κ2) is 6.04. The molecule has 0 unspecified atom stereocenters. The first-order chi connectivity index (χ1) is 9.97. The molecule has 2 N–H and O–H groups in total. The zero-order chi connectivity index (χ0) is 15.4. The average molecular weight is 286 g/mol. The summed E-state index contributed by atoms with van der Waals surface area (Å²) >= 11 is 0. The van der Waals surface area contributed by atoms with Gasteiger partial charge in [0.15, 0.2) is 0 Å². The molecule has 6 heteroatoms. The van der Waals surface area contributed by atoms with Gasteiger partial charge in [0.25, 0.3) is 5.91 Å². The highest BCUT2D eigenvalue weighted by molar-refractivity contribution is 6.08. The second-order valence-corrected chi connectivity index (χ2v) is 4.55. The molecule has 0 saturated heterocycles. The van der Waals surface area contributed by atoms with Crippen molar-refractivity contribution in [1.29, 1.82) is 0 Å². The van der Waals surface area contributed by atoms with E-state index in [2.05, 4.69) is 4.98 Å². The summed E-state index contributed by atoms with van der Waals surface area (Å²) in [5.74, 6) is -1.55. The third-order valence-electron chi connectivity index (χ3n) is 2.82. The smallest absolute Gasteiger partial charge is 0.323 e. The summed E-state index contributed by atoms with van der Waals surface area (Å²) in [5.41, 5.74) is 1.51. The van der Waals surface area contributed by atoms with Gasteiger partial charge in [-0.25, -0.2) is 0 Å². The SMILES string of the molecule is Cc1cncc(C(=O)N(CC(=O)O)c2ccc(O)cc2)c1. The first-order valence-electron chi connectivity index (χ1n) is 6.21. The van der Waals surface area contributed by atoms with Gasteiger partial charge in [-0.2, -0.15) is 0 Å². The van der Waals surface area contributed by atoms with Gasteiger partial charge in [0, 0.05) is 18.1 Å². The number of benzene rings is 1. The molecule has 21 heavy (non-hydrogen) atoms. The van der Waals surface area contributed by atoms with Crippen LogP contribution < -0.4 is 4.90 Å². The van der Waals surface area contributed by atoms with Crippen LogP contribution in [0, 0.1) is 6.92 Å². The van der Waals surface area contributed by atoms with Gasteiger partial charge in [-0.15, -0.1) is 0 Å². The zero-order valence-corrected chi connectivity index (χ0v) is 11.4. The molecular formula is C15H14N2O4. The number of carbonyl (C=O) groups excluding carboxylic acids is 1. The molecule has 2 aromatic rings. The molecule has 0 bridgehead atoms. The number of aliphatic carboxylic acids is 1. The van der Waals surface area contributed by atoms with Crippen molar-refractivity contribution in [1.82, 2.24) is 4.98 Å². The lowest BCUT2D eigenvalue weighted by Gasteiger charge is -2.21. The lowest BCUT2D eigenvalue weighted by Crippen LogP contribution is -2.35. The Bertz CT molecular complexity index is 668. The number of phenols is 1. The van der Waals surface area contributed by atoms with Crippen LogP contribution in [0.15, 0.2) is 42.7 Å². The van der Waals surface area contributed by atoms with Gasteiger partial charge < -0.3 is 10.2 Å². The highest BCUT2D eigenvalue weighted by atomic mass is 16.4. The van der Waals surface area contributed by atoms with Gasteiger partial charge in [-0.3, -0.25) is 19.5 Å². The molecule has 2 rings (SSSR count). The Labute approximate surface area is 121 Å². The largest absolute Gasteiger partial charge is 0.508 e. The normalized spacial score (nSPS) is 10.1. The summed E-state index contributed by atoms with van der Waals surface area (Å²) in [6.45, 7) is 1.32. The van der Waals surface area contributed by atoms with E-state index in [0.29, 0.717) is 11.3 Å². The van der Waals surface area contributed by atoms with E-state index in [9.17, 15) is 14.7 Å². The number of aryl methyl sites for hydroxylation is 1. The molecule has 0 aliphatic carbocycles. The molecule has 0 aliphatic rings. The zero-order valence-electron chi connectivity index (χ0n) is 11.4. The molecule has 1 amide bonds. The summed E-state index contributed by atoms with van der Waals surface area (Å²) in [6.07, 6.45) is 3.00. The number of phenolic OH excluding ortho intramolecular Hbond substituents is 1. The van der Waals surface area contributed by atoms with Crippen LogP contribution in [0.4, 0.5) is 5.69 Å². The number of carbonyl (C=O) groups is 2. The minimum absolute atomic E-state index is 0.0405. The summed E-state index contributed by atoms with van der Waals surface area (Å²) in [7, 11) is 0. The fourth-order valence-corrected chi connectivity index (χ4v) is 1.88. The van der Waals surface area contributed by atoms with Gasteiger partial charge >= 0.3 is 5.97 Å². The third-order valence-corrected chi connectivity index (χ3v) is 2.82.